The molecule has 2 amide bonds. The van der Waals surface area contributed by atoms with Gasteiger partial charge in [0.05, 0.1) is 12.1 Å². The lowest BCUT2D eigenvalue weighted by Crippen LogP contribution is -2.31. The van der Waals surface area contributed by atoms with Gasteiger partial charge in [-0.25, -0.2) is 0 Å². The minimum atomic E-state index is -0.211. The van der Waals surface area contributed by atoms with Gasteiger partial charge in [-0.05, 0) is 29.8 Å². The van der Waals surface area contributed by atoms with E-state index in [4.69, 9.17) is 27.9 Å². The van der Waals surface area contributed by atoms with Crippen molar-refractivity contribution in [2.24, 2.45) is 0 Å². The number of hydrogen-bond donors (Lipinski definition) is 1. The van der Waals surface area contributed by atoms with Crippen LogP contribution in [-0.2, 0) is 16.1 Å². The largest absolute Gasteiger partial charge is 0.495 e. The van der Waals surface area contributed by atoms with Gasteiger partial charge in [0, 0.05) is 37.1 Å². The van der Waals surface area contributed by atoms with Crippen molar-refractivity contribution in [3.63, 3.8) is 0 Å². The van der Waals surface area contributed by atoms with E-state index in [2.05, 4.69) is 5.32 Å². The quantitative estimate of drug-likeness (QED) is 0.757. The zero-order chi connectivity index (χ0) is 19.1. The first-order valence-corrected chi connectivity index (χ1v) is 8.78. The molecule has 0 bridgehead atoms. The third-order valence-corrected chi connectivity index (χ3v) is 4.47. The Morgan fingerprint density at radius 1 is 1.12 bits per heavy atom. The number of carbonyl (C=O) groups excluding carboxylic acids is 2. The summed E-state index contributed by atoms with van der Waals surface area (Å²) in [4.78, 5) is 25.6. The molecule has 0 saturated carbocycles. The fourth-order valence-electron chi connectivity index (χ4n) is 2.38. The van der Waals surface area contributed by atoms with Crippen molar-refractivity contribution in [1.82, 2.24) is 4.90 Å². The van der Waals surface area contributed by atoms with E-state index in [0.717, 1.165) is 5.56 Å². The molecule has 0 spiro atoms. The van der Waals surface area contributed by atoms with Gasteiger partial charge in [0.15, 0.2) is 0 Å². The molecule has 0 aromatic heterocycles. The van der Waals surface area contributed by atoms with Crippen molar-refractivity contribution < 1.29 is 14.3 Å². The van der Waals surface area contributed by atoms with E-state index in [1.807, 2.05) is 18.2 Å². The van der Waals surface area contributed by atoms with Gasteiger partial charge in [0.1, 0.15) is 5.75 Å². The standard InChI is InChI=1S/C19H20Cl2N2O3/c1-13(24)23(12-14-5-3-4-6-16(14)20)10-9-19(25)22-15-7-8-18(26-2)17(21)11-15/h3-8,11H,9-10,12H2,1-2H3,(H,22,25). The van der Waals surface area contributed by atoms with Crippen LogP contribution in [0.25, 0.3) is 0 Å². The molecule has 138 valence electrons. The zero-order valence-corrected chi connectivity index (χ0v) is 16.1. The van der Waals surface area contributed by atoms with Gasteiger partial charge in [-0.1, -0.05) is 41.4 Å². The number of methoxy groups -OCH3 is 1. The highest BCUT2D eigenvalue weighted by Gasteiger charge is 2.14. The van der Waals surface area contributed by atoms with Crippen LogP contribution in [0.2, 0.25) is 10.0 Å². The maximum absolute atomic E-state index is 12.2. The monoisotopic (exact) mass is 394 g/mol. The SMILES string of the molecule is COc1ccc(NC(=O)CCN(Cc2ccccc2Cl)C(C)=O)cc1Cl. The van der Waals surface area contributed by atoms with Gasteiger partial charge in [0.25, 0.3) is 0 Å². The molecule has 0 aliphatic heterocycles. The summed E-state index contributed by atoms with van der Waals surface area (Å²) in [6.45, 7) is 2.12. The molecule has 2 aromatic rings. The minimum absolute atomic E-state index is 0.120. The Labute approximate surface area is 162 Å². The van der Waals surface area contributed by atoms with Gasteiger partial charge < -0.3 is 15.0 Å². The Hall–Kier alpha value is -2.24. The van der Waals surface area contributed by atoms with Crippen LogP contribution in [0.15, 0.2) is 42.5 Å². The molecule has 5 nitrogen and oxygen atoms in total. The molecule has 26 heavy (non-hydrogen) atoms. The van der Waals surface area contributed by atoms with Gasteiger partial charge in [-0.15, -0.1) is 0 Å². The summed E-state index contributed by atoms with van der Waals surface area (Å²) >= 11 is 12.2. The highest BCUT2D eigenvalue weighted by Crippen LogP contribution is 2.27. The van der Waals surface area contributed by atoms with Crippen molar-refractivity contribution in [2.45, 2.75) is 19.9 Å². The Morgan fingerprint density at radius 2 is 1.85 bits per heavy atom. The number of nitrogens with one attached hydrogen (secondary N) is 1. The van der Waals surface area contributed by atoms with E-state index < -0.39 is 0 Å². The van der Waals surface area contributed by atoms with Crippen LogP contribution in [-0.4, -0.2) is 30.4 Å². The number of ether oxygens (including phenoxy) is 1. The Bertz CT molecular complexity index is 796. The first-order chi connectivity index (χ1) is 12.4. The lowest BCUT2D eigenvalue weighted by atomic mass is 10.2. The highest BCUT2D eigenvalue weighted by molar-refractivity contribution is 6.32. The first-order valence-electron chi connectivity index (χ1n) is 8.03. The molecule has 0 heterocycles. The lowest BCUT2D eigenvalue weighted by Gasteiger charge is -2.21. The molecule has 0 fully saturated rings. The summed E-state index contributed by atoms with van der Waals surface area (Å²) in [6, 6.07) is 12.3. The summed E-state index contributed by atoms with van der Waals surface area (Å²) in [5.74, 6) is 0.203. The van der Waals surface area contributed by atoms with Crippen molar-refractivity contribution in [3.8, 4) is 5.75 Å². The van der Waals surface area contributed by atoms with Crippen LogP contribution in [0, 0.1) is 0 Å². The van der Waals surface area contributed by atoms with Crippen LogP contribution >= 0.6 is 23.2 Å². The summed E-state index contributed by atoms with van der Waals surface area (Å²) in [7, 11) is 1.52. The van der Waals surface area contributed by atoms with Crippen LogP contribution in [0.5, 0.6) is 5.75 Å². The molecule has 0 saturated heterocycles. The van der Waals surface area contributed by atoms with E-state index in [0.29, 0.717) is 28.0 Å². The Kier molecular flexibility index (Phi) is 7.30. The number of amides is 2. The topological polar surface area (TPSA) is 58.6 Å². The van der Waals surface area contributed by atoms with E-state index in [1.165, 1.54) is 14.0 Å². The van der Waals surface area contributed by atoms with Crippen molar-refractivity contribution in [1.29, 1.82) is 0 Å². The number of hydrogen-bond acceptors (Lipinski definition) is 3. The number of halogens is 2. The normalized spacial score (nSPS) is 10.3. The van der Waals surface area contributed by atoms with Crippen molar-refractivity contribution in [2.75, 3.05) is 19.0 Å². The summed E-state index contributed by atoms with van der Waals surface area (Å²) in [6.07, 6.45) is 0.160. The predicted molar refractivity (Wildman–Crippen MR) is 104 cm³/mol. The fraction of sp³-hybridized carbons (Fsp3) is 0.263. The summed E-state index contributed by atoms with van der Waals surface area (Å²) < 4.78 is 5.08. The average Bonchev–Trinajstić information content (AvgIpc) is 2.60. The molecule has 0 aliphatic rings. The second-order valence-electron chi connectivity index (χ2n) is 5.68. The lowest BCUT2D eigenvalue weighted by molar-refractivity contribution is -0.129. The van der Waals surface area contributed by atoms with E-state index >= 15 is 0 Å². The number of nitrogens with zero attached hydrogens (tertiary/aromatic N) is 1. The zero-order valence-electron chi connectivity index (χ0n) is 14.6. The molecule has 0 aliphatic carbocycles. The molecule has 0 radical (unpaired) electrons. The molecule has 2 rings (SSSR count). The average molecular weight is 395 g/mol. The van der Waals surface area contributed by atoms with Crippen molar-refractivity contribution >= 4 is 40.7 Å². The number of carbonyl (C=O) groups is 2. The molecule has 0 unspecified atom stereocenters. The Balaban J connectivity index is 1.94. The molecule has 7 heteroatoms. The molecule has 2 aromatic carbocycles. The maximum atomic E-state index is 12.2. The van der Waals surface area contributed by atoms with Crippen LogP contribution in [0.4, 0.5) is 5.69 Å². The first kappa shape index (κ1) is 20.1. The second-order valence-corrected chi connectivity index (χ2v) is 6.49. The number of anilines is 1. The second kappa shape index (κ2) is 9.46. The van der Waals surface area contributed by atoms with E-state index in [-0.39, 0.29) is 24.8 Å². The van der Waals surface area contributed by atoms with Gasteiger partial charge in [-0.3, -0.25) is 9.59 Å². The summed E-state index contributed by atoms with van der Waals surface area (Å²) in [5.41, 5.74) is 1.41. The molecule has 0 atom stereocenters. The third-order valence-electron chi connectivity index (χ3n) is 3.81. The molecular weight excluding hydrogens is 375 g/mol. The molecule has 1 N–H and O–H groups in total. The van der Waals surface area contributed by atoms with E-state index in [1.54, 1.807) is 29.2 Å². The number of benzene rings is 2. The van der Waals surface area contributed by atoms with Crippen LogP contribution in [0.3, 0.4) is 0 Å². The van der Waals surface area contributed by atoms with E-state index in [9.17, 15) is 9.59 Å². The van der Waals surface area contributed by atoms with Crippen LogP contribution < -0.4 is 10.1 Å². The van der Waals surface area contributed by atoms with Crippen molar-refractivity contribution in [3.05, 3.63) is 58.1 Å². The van der Waals surface area contributed by atoms with Gasteiger partial charge in [-0.2, -0.15) is 0 Å². The summed E-state index contributed by atoms with van der Waals surface area (Å²) in [5, 5.41) is 3.77. The smallest absolute Gasteiger partial charge is 0.226 e. The van der Waals surface area contributed by atoms with Crippen LogP contribution in [0.1, 0.15) is 18.9 Å². The fourth-order valence-corrected chi connectivity index (χ4v) is 2.84. The van der Waals surface area contributed by atoms with Gasteiger partial charge in [0.2, 0.25) is 11.8 Å². The number of rotatable bonds is 7. The van der Waals surface area contributed by atoms with Gasteiger partial charge >= 0.3 is 0 Å². The molecular formula is C19H20Cl2N2O3. The third kappa shape index (κ3) is 5.64. The minimum Gasteiger partial charge on any atom is -0.495 e. The Morgan fingerprint density at radius 3 is 2.46 bits per heavy atom. The maximum Gasteiger partial charge on any atom is 0.226 e. The predicted octanol–water partition coefficient (Wildman–Crippen LogP) is 4.38. The highest BCUT2D eigenvalue weighted by atomic mass is 35.5.